The van der Waals surface area contributed by atoms with E-state index in [0.717, 1.165) is 11.1 Å². The zero-order valence-electron chi connectivity index (χ0n) is 12.1. The molecule has 4 heteroatoms. The molecule has 4 nitrogen and oxygen atoms in total. The molecule has 0 aliphatic rings. The van der Waals surface area contributed by atoms with Crippen LogP contribution in [0.1, 0.15) is 11.1 Å². The molecular formula is C18H16N2O2. The minimum absolute atomic E-state index is 0.143. The lowest BCUT2D eigenvalue weighted by molar-refractivity contribution is 0.284. The van der Waals surface area contributed by atoms with E-state index in [2.05, 4.69) is 5.10 Å². The molecule has 2 aromatic carbocycles. The second-order valence-electron chi connectivity index (χ2n) is 4.93. The number of aromatic nitrogens is 2. The lowest BCUT2D eigenvalue weighted by Crippen LogP contribution is -2.22. The molecule has 110 valence electrons. The summed E-state index contributed by atoms with van der Waals surface area (Å²) in [5, 5.41) is 4.26. The number of benzene rings is 2. The molecule has 0 saturated carbocycles. The lowest BCUT2D eigenvalue weighted by atomic mass is 10.2. The Labute approximate surface area is 128 Å². The normalized spacial score (nSPS) is 10.4. The molecule has 1 heterocycles. The van der Waals surface area contributed by atoms with Crippen molar-refractivity contribution >= 4 is 0 Å². The Morgan fingerprint density at radius 2 is 1.45 bits per heavy atom. The van der Waals surface area contributed by atoms with E-state index in [9.17, 15) is 4.79 Å². The molecule has 0 saturated heterocycles. The molecule has 0 aliphatic carbocycles. The smallest absolute Gasteiger partial charge is 0.267 e. The molecule has 22 heavy (non-hydrogen) atoms. The highest BCUT2D eigenvalue weighted by molar-refractivity contribution is 5.17. The van der Waals surface area contributed by atoms with Gasteiger partial charge in [-0.3, -0.25) is 4.79 Å². The summed E-state index contributed by atoms with van der Waals surface area (Å²) in [6, 6.07) is 22.7. The van der Waals surface area contributed by atoms with Crippen molar-refractivity contribution in [2.24, 2.45) is 0 Å². The van der Waals surface area contributed by atoms with Crippen LogP contribution < -0.4 is 10.3 Å². The summed E-state index contributed by atoms with van der Waals surface area (Å²) < 4.78 is 7.07. The van der Waals surface area contributed by atoms with E-state index >= 15 is 0 Å². The summed E-state index contributed by atoms with van der Waals surface area (Å²) in [4.78, 5) is 11.9. The molecule has 0 atom stereocenters. The van der Waals surface area contributed by atoms with Gasteiger partial charge in [0.1, 0.15) is 6.61 Å². The number of hydrogen-bond donors (Lipinski definition) is 0. The molecule has 0 N–H and O–H groups in total. The van der Waals surface area contributed by atoms with Crippen molar-refractivity contribution in [1.82, 2.24) is 9.78 Å². The van der Waals surface area contributed by atoms with Gasteiger partial charge in [-0.2, -0.15) is 0 Å². The van der Waals surface area contributed by atoms with Crippen LogP contribution in [-0.2, 0) is 13.2 Å². The Balaban J connectivity index is 1.74. The van der Waals surface area contributed by atoms with Crippen LogP contribution in [0, 0.1) is 0 Å². The van der Waals surface area contributed by atoms with E-state index in [1.807, 2.05) is 60.7 Å². The van der Waals surface area contributed by atoms with Crippen molar-refractivity contribution in [1.29, 1.82) is 0 Å². The Bertz CT molecular complexity index is 783. The topological polar surface area (TPSA) is 44.1 Å². The van der Waals surface area contributed by atoms with E-state index in [4.69, 9.17) is 4.74 Å². The third kappa shape index (κ3) is 3.61. The third-order valence-electron chi connectivity index (χ3n) is 3.25. The highest BCUT2D eigenvalue weighted by Gasteiger charge is 2.03. The highest BCUT2D eigenvalue weighted by atomic mass is 16.5. The average Bonchev–Trinajstić information content (AvgIpc) is 2.57. The summed E-state index contributed by atoms with van der Waals surface area (Å²) in [7, 11) is 0. The number of hydrogen-bond acceptors (Lipinski definition) is 3. The maximum Gasteiger partial charge on any atom is 0.267 e. The van der Waals surface area contributed by atoms with Gasteiger partial charge >= 0.3 is 0 Å². The molecule has 0 amide bonds. The lowest BCUT2D eigenvalue weighted by Gasteiger charge is -2.08. The van der Waals surface area contributed by atoms with E-state index in [0.29, 0.717) is 19.0 Å². The first-order valence-corrected chi connectivity index (χ1v) is 7.10. The second-order valence-corrected chi connectivity index (χ2v) is 4.93. The Hall–Kier alpha value is -2.88. The van der Waals surface area contributed by atoms with Gasteiger partial charge in [0.2, 0.25) is 5.88 Å². The van der Waals surface area contributed by atoms with E-state index in [1.165, 1.54) is 10.7 Å². The predicted molar refractivity (Wildman–Crippen MR) is 84.8 cm³/mol. The largest absolute Gasteiger partial charge is 0.472 e. The van der Waals surface area contributed by atoms with Crippen LogP contribution in [0.4, 0.5) is 0 Å². The summed E-state index contributed by atoms with van der Waals surface area (Å²) in [6.45, 7) is 0.861. The van der Waals surface area contributed by atoms with Gasteiger partial charge in [0.25, 0.3) is 5.56 Å². The van der Waals surface area contributed by atoms with Gasteiger partial charge in [0.15, 0.2) is 0 Å². The van der Waals surface area contributed by atoms with Crippen molar-refractivity contribution in [3.8, 4) is 5.88 Å². The van der Waals surface area contributed by atoms with Crippen molar-refractivity contribution in [2.75, 3.05) is 0 Å². The zero-order valence-corrected chi connectivity index (χ0v) is 12.1. The Morgan fingerprint density at radius 3 is 2.14 bits per heavy atom. The second kappa shape index (κ2) is 6.72. The molecule has 1 aromatic heterocycles. The van der Waals surface area contributed by atoms with Crippen molar-refractivity contribution in [3.05, 3.63) is 94.3 Å². The number of nitrogens with zero attached hydrogens (tertiary/aromatic N) is 2. The molecule has 0 spiro atoms. The monoisotopic (exact) mass is 292 g/mol. The van der Waals surface area contributed by atoms with Gasteiger partial charge < -0.3 is 4.74 Å². The molecule has 0 bridgehead atoms. The SMILES string of the molecule is O=c1ccc(OCc2ccccc2)nn1Cc1ccccc1. The summed E-state index contributed by atoms with van der Waals surface area (Å²) >= 11 is 0. The molecule has 0 fully saturated rings. The average molecular weight is 292 g/mol. The molecular weight excluding hydrogens is 276 g/mol. The maximum atomic E-state index is 11.9. The Kier molecular flexibility index (Phi) is 4.30. The van der Waals surface area contributed by atoms with Gasteiger partial charge in [-0.25, -0.2) is 4.68 Å². The van der Waals surface area contributed by atoms with Crippen LogP contribution in [0.2, 0.25) is 0 Å². The predicted octanol–water partition coefficient (Wildman–Crippen LogP) is 2.87. The Morgan fingerprint density at radius 1 is 0.818 bits per heavy atom. The van der Waals surface area contributed by atoms with Crippen LogP contribution in [0.5, 0.6) is 5.88 Å². The van der Waals surface area contributed by atoms with Gasteiger partial charge in [0, 0.05) is 12.1 Å². The van der Waals surface area contributed by atoms with Gasteiger partial charge in [-0.15, -0.1) is 5.10 Å². The molecule has 3 aromatic rings. The molecule has 3 rings (SSSR count). The molecule has 0 radical (unpaired) electrons. The first-order chi connectivity index (χ1) is 10.8. The fourth-order valence-electron chi connectivity index (χ4n) is 2.11. The van der Waals surface area contributed by atoms with E-state index < -0.39 is 0 Å². The fraction of sp³-hybridized carbons (Fsp3) is 0.111. The first kappa shape index (κ1) is 14.1. The van der Waals surface area contributed by atoms with Gasteiger partial charge in [-0.1, -0.05) is 60.7 Å². The summed E-state index contributed by atoms with van der Waals surface area (Å²) in [5.41, 5.74) is 1.94. The number of rotatable bonds is 5. The van der Waals surface area contributed by atoms with Gasteiger partial charge in [0.05, 0.1) is 6.54 Å². The van der Waals surface area contributed by atoms with E-state index in [1.54, 1.807) is 6.07 Å². The van der Waals surface area contributed by atoms with Crippen molar-refractivity contribution in [2.45, 2.75) is 13.2 Å². The minimum Gasteiger partial charge on any atom is -0.472 e. The standard InChI is InChI=1S/C18H16N2O2/c21-18-12-11-17(22-14-16-9-5-2-6-10-16)19-20(18)13-15-7-3-1-4-8-15/h1-12H,13-14H2. The van der Waals surface area contributed by atoms with Crippen LogP contribution in [0.15, 0.2) is 77.6 Å². The maximum absolute atomic E-state index is 11.9. The number of ether oxygens (including phenoxy) is 1. The first-order valence-electron chi connectivity index (χ1n) is 7.10. The summed E-state index contributed by atoms with van der Waals surface area (Å²) in [6.07, 6.45) is 0. The van der Waals surface area contributed by atoms with Gasteiger partial charge in [-0.05, 0) is 11.1 Å². The fourth-order valence-corrected chi connectivity index (χ4v) is 2.11. The highest BCUT2D eigenvalue weighted by Crippen LogP contribution is 2.08. The van der Waals surface area contributed by atoms with Crippen LogP contribution in [-0.4, -0.2) is 9.78 Å². The third-order valence-corrected chi connectivity index (χ3v) is 3.25. The van der Waals surface area contributed by atoms with Crippen molar-refractivity contribution in [3.63, 3.8) is 0 Å². The summed E-state index contributed by atoms with van der Waals surface area (Å²) in [5.74, 6) is 0.444. The quantitative estimate of drug-likeness (QED) is 0.726. The zero-order chi connectivity index (χ0) is 15.2. The van der Waals surface area contributed by atoms with E-state index in [-0.39, 0.29) is 5.56 Å². The van der Waals surface area contributed by atoms with Crippen LogP contribution >= 0.6 is 0 Å². The molecule has 0 aliphatic heterocycles. The van der Waals surface area contributed by atoms with Crippen LogP contribution in [0.25, 0.3) is 0 Å². The van der Waals surface area contributed by atoms with Crippen LogP contribution in [0.3, 0.4) is 0 Å². The minimum atomic E-state index is -0.143. The molecule has 0 unspecified atom stereocenters. The van der Waals surface area contributed by atoms with Crippen molar-refractivity contribution < 1.29 is 4.74 Å².